The summed E-state index contributed by atoms with van der Waals surface area (Å²) in [5, 5.41) is 0.646. The summed E-state index contributed by atoms with van der Waals surface area (Å²) in [7, 11) is 0. The van der Waals surface area contributed by atoms with Crippen molar-refractivity contribution < 1.29 is 0 Å². The molecule has 0 unspecified atom stereocenters. The van der Waals surface area contributed by atoms with Crippen molar-refractivity contribution in [2.75, 3.05) is 0 Å². The highest BCUT2D eigenvalue weighted by Crippen LogP contribution is 2.08. The van der Waals surface area contributed by atoms with Gasteiger partial charge >= 0.3 is 0 Å². The maximum atomic E-state index is 12.0. The Morgan fingerprint density at radius 1 is 1.40 bits per heavy atom. The van der Waals surface area contributed by atoms with Crippen molar-refractivity contribution in [3.8, 4) is 0 Å². The number of fused-ring (bicyclic) bond motifs is 1. The lowest BCUT2D eigenvalue weighted by Crippen LogP contribution is -2.23. The van der Waals surface area contributed by atoms with Crippen molar-refractivity contribution in [1.82, 2.24) is 9.55 Å². The highest BCUT2D eigenvalue weighted by atomic mass is 35.5. The monoisotopic (exact) mass is 222 g/mol. The average Bonchev–Trinajstić information content (AvgIpc) is 2.29. The first kappa shape index (κ1) is 10.2. The van der Waals surface area contributed by atoms with E-state index in [1.54, 1.807) is 10.6 Å². The minimum absolute atomic E-state index is 0.0150. The average molecular weight is 223 g/mol. The van der Waals surface area contributed by atoms with E-state index >= 15 is 0 Å². The maximum absolute atomic E-state index is 12.0. The van der Waals surface area contributed by atoms with Crippen LogP contribution in [0.2, 0.25) is 0 Å². The summed E-state index contributed by atoms with van der Waals surface area (Å²) in [6, 6.07) is 7.32. The Balaban J connectivity index is 2.88. The van der Waals surface area contributed by atoms with Crippen LogP contribution in [0.15, 0.2) is 29.1 Å². The molecule has 0 radical (unpaired) electrons. The normalized spacial score (nSPS) is 10.8. The first-order chi connectivity index (χ1) is 7.27. The molecule has 1 aromatic heterocycles. The van der Waals surface area contributed by atoms with Crippen LogP contribution in [0.3, 0.4) is 0 Å². The molecule has 2 rings (SSSR count). The molecular formula is C11H11ClN2O. The van der Waals surface area contributed by atoms with Crippen LogP contribution in [-0.4, -0.2) is 9.55 Å². The molecule has 1 heterocycles. The second-order valence-electron chi connectivity index (χ2n) is 3.23. The van der Waals surface area contributed by atoms with E-state index in [2.05, 4.69) is 4.98 Å². The predicted molar refractivity (Wildman–Crippen MR) is 61.2 cm³/mol. The number of aromatic nitrogens is 2. The summed E-state index contributed by atoms with van der Waals surface area (Å²) in [4.78, 5) is 16.4. The van der Waals surface area contributed by atoms with E-state index < -0.39 is 0 Å². The molecule has 15 heavy (non-hydrogen) atoms. The summed E-state index contributed by atoms with van der Waals surface area (Å²) in [6.45, 7) is 2.51. The van der Waals surface area contributed by atoms with Gasteiger partial charge in [-0.1, -0.05) is 12.1 Å². The Morgan fingerprint density at radius 3 is 2.80 bits per heavy atom. The summed E-state index contributed by atoms with van der Waals surface area (Å²) in [5.74, 6) is 0.886. The van der Waals surface area contributed by atoms with Gasteiger partial charge in [0, 0.05) is 6.54 Å². The molecule has 0 aliphatic rings. The van der Waals surface area contributed by atoms with E-state index in [1.165, 1.54) is 0 Å². The van der Waals surface area contributed by atoms with Gasteiger partial charge in [0.25, 0.3) is 5.56 Å². The first-order valence-corrected chi connectivity index (χ1v) is 5.35. The van der Waals surface area contributed by atoms with E-state index in [4.69, 9.17) is 11.6 Å². The topological polar surface area (TPSA) is 34.9 Å². The number of rotatable bonds is 2. The molecule has 0 amide bonds. The van der Waals surface area contributed by atoms with Crippen molar-refractivity contribution in [2.24, 2.45) is 0 Å². The van der Waals surface area contributed by atoms with E-state index in [-0.39, 0.29) is 11.4 Å². The zero-order valence-electron chi connectivity index (χ0n) is 8.40. The SMILES string of the molecule is CCn1c(CCl)nc2ccccc2c1=O. The molecule has 0 atom stereocenters. The first-order valence-electron chi connectivity index (χ1n) is 4.82. The molecule has 3 nitrogen and oxygen atoms in total. The van der Waals surface area contributed by atoms with Crippen molar-refractivity contribution in [3.05, 3.63) is 40.4 Å². The minimum Gasteiger partial charge on any atom is -0.295 e. The molecular weight excluding hydrogens is 212 g/mol. The lowest BCUT2D eigenvalue weighted by Gasteiger charge is -2.08. The van der Waals surface area contributed by atoms with Gasteiger partial charge < -0.3 is 0 Å². The van der Waals surface area contributed by atoms with Gasteiger partial charge in [-0.3, -0.25) is 9.36 Å². The summed E-state index contributed by atoms with van der Waals surface area (Å²) < 4.78 is 1.61. The second-order valence-corrected chi connectivity index (χ2v) is 3.50. The Bertz CT molecular complexity index is 548. The van der Waals surface area contributed by atoms with E-state index in [0.717, 1.165) is 0 Å². The third-order valence-corrected chi connectivity index (χ3v) is 2.62. The molecule has 1 aromatic carbocycles. The maximum Gasteiger partial charge on any atom is 0.261 e. The molecule has 2 aromatic rings. The smallest absolute Gasteiger partial charge is 0.261 e. The molecule has 0 saturated carbocycles. The largest absolute Gasteiger partial charge is 0.295 e. The zero-order valence-corrected chi connectivity index (χ0v) is 9.16. The number of nitrogens with zero attached hydrogens (tertiary/aromatic N) is 2. The molecule has 0 N–H and O–H groups in total. The number of benzene rings is 1. The van der Waals surface area contributed by atoms with Crippen LogP contribution in [-0.2, 0) is 12.4 Å². The van der Waals surface area contributed by atoms with Gasteiger partial charge in [0.05, 0.1) is 16.8 Å². The van der Waals surface area contributed by atoms with Gasteiger partial charge in [-0.2, -0.15) is 0 Å². The van der Waals surface area contributed by atoms with Crippen molar-refractivity contribution in [2.45, 2.75) is 19.3 Å². The molecule has 0 saturated heterocycles. The lowest BCUT2D eigenvalue weighted by atomic mass is 10.2. The Labute approximate surface area is 92.3 Å². The molecule has 0 spiro atoms. The van der Waals surface area contributed by atoms with Gasteiger partial charge in [-0.05, 0) is 19.1 Å². The quantitative estimate of drug-likeness (QED) is 0.730. The standard InChI is InChI=1S/C11H11ClN2O/c1-2-14-10(7-12)13-9-6-4-3-5-8(9)11(14)15/h3-6H,2,7H2,1H3. The number of hydrogen-bond donors (Lipinski definition) is 0. The number of halogens is 1. The molecule has 0 fully saturated rings. The fourth-order valence-electron chi connectivity index (χ4n) is 1.64. The zero-order chi connectivity index (χ0) is 10.8. The number of hydrogen-bond acceptors (Lipinski definition) is 2. The van der Waals surface area contributed by atoms with Crippen LogP contribution >= 0.6 is 11.6 Å². The predicted octanol–water partition coefficient (Wildman–Crippen LogP) is 2.16. The molecule has 78 valence electrons. The highest BCUT2D eigenvalue weighted by Gasteiger charge is 2.07. The number of alkyl halides is 1. The Morgan fingerprint density at radius 2 is 2.13 bits per heavy atom. The van der Waals surface area contributed by atoms with Gasteiger partial charge in [-0.15, -0.1) is 11.6 Å². The number of para-hydroxylation sites is 1. The minimum atomic E-state index is -0.0150. The highest BCUT2D eigenvalue weighted by molar-refractivity contribution is 6.16. The molecule has 0 aliphatic carbocycles. The van der Waals surface area contributed by atoms with Crippen LogP contribution in [0.1, 0.15) is 12.7 Å². The molecule has 0 bridgehead atoms. The van der Waals surface area contributed by atoms with Crippen molar-refractivity contribution in [1.29, 1.82) is 0 Å². The Kier molecular flexibility index (Phi) is 2.73. The van der Waals surface area contributed by atoms with Gasteiger partial charge in [-0.25, -0.2) is 4.98 Å². The van der Waals surface area contributed by atoms with E-state index in [0.29, 0.717) is 23.3 Å². The third kappa shape index (κ3) is 1.63. The van der Waals surface area contributed by atoms with Crippen LogP contribution in [0.25, 0.3) is 10.9 Å². The summed E-state index contributed by atoms with van der Waals surface area (Å²) in [5.41, 5.74) is 0.696. The summed E-state index contributed by atoms with van der Waals surface area (Å²) >= 11 is 5.76. The van der Waals surface area contributed by atoms with Gasteiger partial charge in [0.1, 0.15) is 5.82 Å². The molecule has 0 aliphatic heterocycles. The third-order valence-electron chi connectivity index (χ3n) is 2.38. The van der Waals surface area contributed by atoms with Crippen LogP contribution in [0.5, 0.6) is 0 Å². The second kappa shape index (κ2) is 4.03. The van der Waals surface area contributed by atoms with Gasteiger partial charge in [0.15, 0.2) is 0 Å². The van der Waals surface area contributed by atoms with Crippen molar-refractivity contribution in [3.63, 3.8) is 0 Å². The molecule has 4 heteroatoms. The van der Waals surface area contributed by atoms with Crippen LogP contribution in [0.4, 0.5) is 0 Å². The fourth-order valence-corrected chi connectivity index (χ4v) is 1.85. The van der Waals surface area contributed by atoms with Gasteiger partial charge in [0.2, 0.25) is 0 Å². The van der Waals surface area contributed by atoms with Crippen LogP contribution in [0, 0.1) is 0 Å². The van der Waals surface area contributed by atoms with Crippen molar-refractivity contribution >= 4 is 22.5 Å². The lowest BCUT2D eigenvalue weighted by molar-refractivity contribution is 0.680. The summed E-state index contributed by atoms with van der Waals surface area (Å²) in [6.07, 6.45) is 0. The Hall–Kier alpha value is -1.35. The fraction of sp³-hybridized carbons (Fsp3) is 0.273. The van der Waals surface area contributed by atoms with E-state index in [1.807, 2.05) is 25.1 Å². The van der Waals surface area contributed by atoms with Crippen LogP contribution < -0.4 is 5.56 Å². The van der Waals surface area contributed by atoms with E-state index in [9.17, 15) is 4.79 Å².